The van der Waals surface area contributed by atoms with Crippen molar-refractivity contribution in [2.24, 2.45) is 0 Å². The number of aryl methyl sites for hydroxylation is 1. The molecule has 0 atom stereocenters. The van der Waals surface area contributed by atoms with Crippen molar-refractivity contribution in [3.8, 4) is 11.6 Å². The highest BCUT2D eigenvalue weighted by Crippen LogP contribution is 2.31. The summed E-state index contributed by atoms with van der Waals surface area (Å²) in [6.45, 7) is 0. The number of alkyl halides is 3. The lowest BCUT2D eigenvalue weighted by Gasteiger charge is -2.11. The molecule has 0 radical (unpaired) electrons. The fourth-order valence-corrected chi connectivity index (χ4v) is 2.00. The number of hydrogen-bond acceptors (Lipinski definition) is 3. The van der Waals surface area contributed by atoms with Gasteiger partial charge in [-0.1, -0.05) is 6.07 Å². The first-order valence-corrected chi connectivity index (χ1v) is 6.33. The van der Waals surface area contributed by atoms with Gasteiger partial charge in [0, 0.05) is 12.0 Å². The number of aromatic nitrogens is 2. The van der Waals surface area contributed by atoms with Crippen LogP contribution in [0.5, 0.6) is 5.88 Å². The molecule has 5 nitrogen and oxygen atoms in total. The number of benzene rings is 1. The lowest BCUT2D eigenvalue weighted by atomic mass is 10.2. The van der Waals surface area contributed by atoms with E-state index in [4.69, 9.17) is 9.84 Å². The van der Waals surface area contributed by atoms with Crippen LogP contribution in [0.25, 0.3) is 5.69 Å². The van der Waals surface area contributed by atoms with Crippen LogP contribution in [0, 0.1) is 0 Å². The van der Waals surface area contributed by atoms with Crippen molar-refractivity contribution in [2.45, 2.75) is 19.0 Å². The number of carbonyl (C=O) groups is 1. The minimum Gasteiger partial charge on any atom is -0.481 e. The van der Waals surface area contributed by atoms with Crippen molar-refractivity contribution in [1.82, 2.24) is 9.78 Å². The van der Waals surface area contributed by atoms with E-state index in [1.54, 1.807) is 0 Å². The molecule has 0 saturated heterocycles. The van der Waals surface area contributed by atoms with Crippen LogP contribution in [0.2, 0.25) is 0 Å². The van der Waals surface area contributed by atoms with E-state index in [-0.39, 0.29) is 24.4 Å². The molecule has 0 unspecified atom stereocenters. The molecule has 0 spiro atoms. The van der Waals surface area contributed by atoms with E-state index in [0.29, 0.717) is 5.56 Å². The van der Waals surface area contributed by atoms with E-state index in [1.165, 1.54) is 30.1 Å². The van der Waals surface area contributed by atoms with E-state index in [1.807, 2.05) is 0 Å². The molecule has 0 amide bonds. The van der Waals surface area contributed by atoms with Gasteiger partial charge in [-0.2, -0.15) is 18.3 Å². The van der Waals surface area contributed by atoms with Gasteiger partial charge in [0.15, 0.2) is 0 Å². The van der Waals surface area contributed by atoms with Gasteiger partial charge in [-0.25, -0.2) is 4.68 Å². The van der Waals surface area contributed by atoms with Crippen LogP contribution in [0.1, 0.15) is 17.5 Å². The number of halogens is 3. The molecule has 8 heteroatoms. The molecule has 0 aliphatic heterocycles. The van der Waals surface area contributed by atoms with Crippen LogP contribution in [0.15, 0.2) is 30.5 Å². The van der Waals surface area contributed by atoms with E-state index in [2.05, 4.69) is 5.10 Å². The zero-order valence-corrected chi connectivity index (χ0v) is 11.6. The molecule has 22 heavy (non-hydrogen) atoms. The Balaban J connectivity index is 2.39. The van der Waals surface area contributed by atoms with E-state index in [9.17, 15) is 18.0 Å². The Morgan fingerprint density at radius 1 is 1.41 bits per heavy atom. The van der Waals surface area contributed by atoms with E-state index >= 15 is 0 Å². The number of nitrogens with zero attached hydrogens (tertiary/aromatic N) is 2. The van der Waals surface area contributed by atoms with Gasteiger partial charge in [0.1, 0.15) is 0 Å². The first-order chi connectivity index (χ1) is 10.3. The van der Waals surface area contributed by atoms with Crippen molar-refractivity contribution in [1.29, 1.82) is 0 Å². The number of rotatable bonds is 5. The van der Waals surface area contributed by atoms with Gasteiger partial charge in [-0.05, 0) is 24.6 Å². The van der Waals surface area contributed by atoms with Crippen LogP contribution in [0.3, 0.4) is 0 Å². The monoisotopic (exact) mass is 314 g/mol. The summed E-state index contributed by atoms with van der Waals surface area (Å²) in [4.78, 5) is 10.6. The van der Waals surface area contributed by atoms with Crippen LogP contribution in [-0.2, 0) is 17.4 Å². The molecule has 1 aromatic carbocycles. The summed E-state index contributed by atoms with van der Waals surface area (Å²) >= 11 is 0. The van der Waals surface area contributed by atoms with Crippen LogP contribution in [0.4, 0.5) is 13.2 Å². The van der Waals surface area contributed by atoms with Gasteiger partial charge < -0.3 is 9.84 Å². The van der Waals surface area contributed by atoms with Gasteiger partial charge >= 0.3 is 12.1 Å². The second-order valence-electron chi connectivity index (χ2n) is 4.53. The third-order valence-corrected chi connectivity index (χ3v) is 3.02. The maximum absolute atomic E-state index is 12.8. The maximum atomic E-state index is 12.8. The normalized spacial score (nSPS) is 11.5. The predicted molar refractivity (Wildman–Crippen MR) is 71.1 cm³/mol. The summed E-state index contributed by atoms with van der Waals surface area (Å²) in [5, 5.41) is 12.7. The number of carboxylic acid groups (broad SMARTS) is 1. The minimum atomic E-state index is -4.46. The summed E-state index contributed by atoms with van der Waals surface area (Å²) in [5.74, 6) is -0.755. The maximum Gasteiger partial charge on any atom is 0.416 e. The SMILES string of the molecule is COc1c(CCC(=O)O)cnn1-c1cccc(C(F)(F)F)c1. The van der Waals surface area contributed by atoms with Gasteiger partial charge in [0.25, 0.3) is 0 Å². The Hall–Kier alpha value is -2.51. The van der Waals surface area contributed by atoms with Crippen LogP contribution in [-0.4, -0.2) is 28.0 Å². The first-order valence-electron chi connectivity index (χ1n) is 6.33. The number of carboxylic acids is 1. The molecular formula is C14H13F3N2O3. The van der Waals surface area contributed by atoms with Gasteiger partial charge in [0.2, 0.25) is 5.88 Å². The van der Waals surface area contributed by atoms with Gasteiger partial charge in [-0.15, -0.1) is 0 Å². The molecule has 0 saturated carbocycles. The Labute approximate surface area is 123 Å². The third-order valence-electron chi connectivity index (χ3n) is 3.02. The fraction of sp³-hybridized carbons (Fsp3) is 0.286. The standard InChI is InChI=1S/C14H13F3N2O3/c1-22-13-9(5-6-12(20)21)8-18-19(13)11-4-2-3-10(7-11)14(15,16)17/h2-4,7-8H,5-6H2,1H3,(H,20,21). The zero-order chi connectivity index (χ0) is 16.3. The highest BCUT2D eigenvalue weighted by Gasteiger charge is 2.30. The van der Waals surface area contributed by atoms with Crippen LogP contribution < -0.4 is 4.74 Å². The van der Waals surface area contributed by atoms with Gasteiger partial charge in [-0.3, -0.25) is 4.79 Å². The van der Waals surface area contributed by atoms with E-state index in [0.717, 1.165) is 12.1 Å². The molecule has 0 bridgehead atoms. The summed E-state index contributed by atoms with van der Waals surface area (Å²) in [5.41, 5.74) is -0.0924. The van der Waals surface area contributed by atoms with Crippen molar-refractivity contribution < 1.29 is 27.8 Å². The third kappa shape index (κ3) is 3.38. The smallest absolute Gasteiger partial charge is 0.416 e. The number of hydrogen-bond donors (Lipinski definition) is 1. The summed E-state index contributed by atoms with van der Waals surface area (Å²) in [7, 11) is 1.35. The molecule has 2 aromatic rings. The largest absolute Gasteiger partial charge is 0.481 e. The van der Waals surface area contributed by atoms with Crippen molar-refractivity contribution in [3.05, 3.63) is 41.6 Å². The van der Waals surface area contributed by atoms with Crippen molar-refractivity contribution in [2.75, 3.05) is 7.11 Å². The molecule has 1 N–H and O–H groups in total. The van der Waals surface area contributed by atoms with Crippen LogP contribution >= 0.6 is 0 Å². The molecular weight excluding hydrogens is 301 g/mol. The average molecular weight is 314 g/mol. The fourth-order valence-electron chi connectivity index (χ4n) is 2.00. The molecule has 1 heterocycles. The molecule has 0 aliphatic rings. The molecule has 1 aromatic heterocycles. The minimum absolute atomic E-state index is 0.120. The summed E-state index contributed by atoms with van der Waals surface area (Å²) < 4.78 is 44.6. The zero-order valence-electron chi connectivity index (χ0n) is 11.6. The second kappa shape index (κ2) is 6.08. The Morgan fingerprint density at radius 2 is 2.14 bits per heavy atom. The number of ether oxygens (including phenoxy) is 1. The Morgan fingerprint density at radius 3 is 2.73 bits per heavy atom. The highest BCUT2D eigenvalue weighted by molar-refractivity contribution is 5.67. The second-order valence-corrected chi connectivity index (χ2v) is 4.53. The van der Waals surface area contributed by atoms with Crippen molar-refractivity contribution >= 4 is 5.97 Å². The molecule has 118 valence electrons. The summed E-state index contributed by atoms with van der Waals surface area (Å²) in [6, 6.07) is 4.66. The molecule has 0 fully saturated rings. The van der Waals surface area contributed by atoms with E-state index < -0.39 is 17.7 Å². The Bertz CT molecular complexity index is 680. The summed E-state index contributed by atoms with van der Waals surface area (Å²) in [6.07, 6.45) is -3.01. The van der Waals surface area contributed by atoms with Gasteiger partial charge in [0.05, 0.1) is 24.6 Å². The lowest BCUT2D eigenvalue weighted by Crippen LogP contribution is -2.07. The topological polar surface area (TPSA) is 64.3 Å². The van der Waals surface area contributed by atoms with Crippen molar-refractivity contribution in [3.63, 3.8) is 0 Å². The number of methoxy groups -OCH3 is 1. The average Bonchev–Trinajstić information content (AvgIpc) is 2.87. The first kappa shape index (κ1) is 15.9. The number of aliphatic carboxylic acids is 1. The molecule has 2 rings (SSSR count). The highest BCUT2D eigenvalue weighted by atomic mass is 19.4. The molecule has 0 aliphatic carbocycles. The quantitative estimate of drug-likeness (QED) is 0.921. The lowest BCUT2D eigenvalue weighted by molar-refractivity contribution is -0.138. The predicted octanol–water partition coefficient (Wildman–Crippen LogP) is 2.92. The Kier molecular flexibility index (Phi) is 4.39.